The van der Waals surface area contributed by atoms with Gasteiger partial charge in [-0.15, -0.1) is 0 Å². The number of anilines is 3. The Balaban J connectivity index is 1.02. The van der Waals surface area contributed by atoms with E-state index >= 15 is 0 Å². The maximum Gasteiger partial charge on any atom is 0.228 e. The van der Waals surface area contributed by atoms with Crippen LogP contribution >= 0.6 is 0 Å². The zero-order chi connectivity index (χ0) is 36.3. The molecule has 0 unspecified atom stereocenters. The summed E-state index contributed by atoms with van der Waals surface area (Å²) in [4.78, 5) is 7.24. The molecule has 4 nitrogen and oxygen atoms in total. The van der Waals surface area contributed by atoms with Crippen molar-refractivity contribution in [3.05, 3.63) is 194 Å². The van der Waals surface area contributed by atoms with Crippen molar-refractivity contribution >= 4 is 71.6 Å². The lowest BCUT2D eigenvalue weighted by Gasteiger charge is -2.26. The predicted octanol–water partition coefficient (Wildman–Crippen LogP) is 14.5. The Morgan fingerprint density at radius 2 is 1.02 bits per heavy atom. The van der Waals surface area contributed by atoms with E-state index in [0.717, 1.165) is 66.4 Å². The molecule has 4 heteroatoms. The molecule has 0 radical (unpaired) electrons. The number of nitrogens with zero attached hydrogens (tertiary/aromatic N) is 2. The van der Waals surface area contributed by atoms with E-state index < -0.39 is 0 Å². The minimum Gasteiger partial charge on any atom is -0.456 e. The smallest absolute Gasteiger partial charge is 0.228 e. The van der Waals surface area contributed by atoms with Crippen molar-refractivity contribution in [2.45, 2.75) is 0 Å². The van der Waals surface area contributed by atoms with Gasteiger partial charge in [-0.1, -0.05) is 127 Å². The van der Waals surface area contributed by atoms with E-state index in [4.69, 9.17) is 13.8 Å². The summed E-state index contributed by atoms with van der Waals surface area (Å²) in [5.41, 5.74) is 11.9. The lowest BCUT2D eigenvalue weighted by atomic mass is 10.0. The monoisotopic (exact) mass is 704 g/mol. The second kappa shape index (κ2) is 12.6. The second-order valence-electron chi connectivity index (χ2n) is 14.0. The summed E-state index contributed by atoms with van der Waals surface area (Å²) in [6.07, 6.45) is 0. The fourth-order valence-electron chi connectivity index (χ4n) is 7.96. The molecular formula is C51H32N2O2. The summed E-state index contributed by atoms with van der Waals surface area (Å²) in [6, 6.07) is 68.2. The van der Waals surface area contributed by atoms with Crippen LogP contribution in [0, 0.1) is 0 Å². The van der Waals surface area contributed by atoms with Gasteiger partial charge in [0.05, 0.1) is 0 Å². The van der Waals surface area contributed by atoms with Gasteiger partial charge in [-0.05, 0) is 99.1 Å². The van der Waals surface area contributed by atoms with Crippen LogP contribution in [0.1, 0.15) is 0 Å². The van der Waals surface area contributed by atoms with Crippen molar-refractivity contribution in [2.75, 3.05) is 4.90 Å². The van der Waals surface area contributed by atoms with Crippen molar-refractivity contribution in [1.29, 1.82) is 0 Å². The third-order valence-corrected chi connectivity index (χ3v) is 10.7. The molecule has 0 aliphatic rings. The fourth-order valence-corrected chi connectivity index (χ4v) is 7.96. The van der Waals surface area contributed by atoms with Gasteiger partial charge in [0.2, 0.25) is 5.89 Å². The molecule has 0 saturated heterocycles. The molecule has 11 aromatic rings. The van der Waals surface area contributed by atoms with Crippen molar-refractivity contribution in [1.82, 2.24) is 4.98 Å². The average Bonchev–Trinajstić information content (AvgIpc) is 3.87. The third-order valence-electron chi connectivity index (χ3n) is 10.7. The quantitative estimate of drug-likeness (QED) is 0.173. The van der Waals surface area contributed by atoms with Crippen molar-refractivity contribution < 1.29 is 8.83 Å². The van der Waals surface area contributed by atoms with Crippen molar-refractivity contribution in [3.63, 3.8) is 0 Å². The fraction of sp³-hybridized carbons (Fsp3) is 0. The number of hydrogen-bond acceptors (Lipinski definition) is 4. The first-order valence-corrected chi connectivity index (χ1v) is 18.5. The number of fused-ring (bicyclic) bond motifs is 7. The molecule has 0 fully saturated rings. The van der Waals surface area contributed by atoms with Gasteiger partial charge in [0, 0.05) is 44.9 Å². The predicted molar refractivity (Wildman–Crippen MR) is 227 cm³/mol. The molecule has 0 aliphatic heterocycles. The first-order valence-electron chi connectivity index (χ1n) is 18.5. The van der Waals surface area contributed by atoms with Crippen molar-refractivity contribution in [2.24, 2.45) is 0 Å². The topological polar surface area (TPSA) is 42.4 Å². The van der Waals surface area contributed by atoms with E-state index in [1.165, 1.54) is 33.0 Å². The number of oxazole rings is 1. The molecule has 0 N–H and O–H groups in total. The lowest BCUT2D eigenvalue weighted by molar-refractivity contribution is 0.623. The zero-order valence-corrected chi connectivity index (χ0v) is 29.7. The Hall–Kier alpha value is -7.43. The highest BCUT2D eigenvalue weighted by atomic mass is 16.3. The zero-order valence-electron chi connectivity index (χ0n) is 29.7. The molecule has 0 spiro atoms. The number of aromatic nitrogens is 1. The summed E-state index contributed by atoms with van der Waals surface area (Å²) < 4.78 is 13.1. The summed E-state index contributed by atoms with van der Waals surface area (Å²) in [6.45, 7) is 0. The van der Waals surface area contributed by atoms with Crippen LogP contribution in [0.15, 0.2) is 203 Å². The van der Waals surface area contributed by atoms with Gasteiger partial charge >= 0.3 is 0 Å². The van der Waals surface area contributed by atoms with Crippen LogP contribution < -0.4 is 4.90 Å². The van der Waals surface area contributed by atoms with Crippen LogP contribution in [-0.2, 0) is 0 Å². The maximum absolute atomic E-state index is 6.61. The first-order chi connectivity index (χ1) is 27.2. The minimum atomic E-state index is 0.579. The second-order valence-corrected chi connectivity index (χ2v) is 14.0. The van der Waals surface area contributed by atoms with Gasteiger partial charge in [-0.25, -0.2) is 4.98 Å². The van der Waals surface area contributed by atoms with Gasteiger partial charge in [-0.2, -0.15) is 0 Å². The van der Waals surface area contributed by atoms with Crippen LogP contribution in [0.2, 0.25) is 0 Å². The normalized spacial score (nSPS) is 11.6. The minimum absolute atomic E-state index is 0.579. The standard InChI is InChI=1S/C51H32N2O2/c1-2-9-33(10-3-1)35-19-24-40(25-20-35)53(41-26-21-36(22-27-41)39-18-17-34-11-4-5-13-38(34)31-39)42-28-29-44-48(32-42)54-47-16-8-15-45(49(44)47)51-52-46-30-23-37-12-6-7-14-43(37)50(46)55-51/h1-32H. The Morgan fingerprint density at radius 3 is 1.82 bits per heavy atom. The molecule has 9 aromatic carbocycles. The van der Waals surface area contributed by atoms with Crippen LogP contribution in [0.3, 0.4) is 0 Å². The molecule has 0 amide bonds. The molecule has 0 saturated carbocycles. The highest BCUT2D eigenvalue weighted by Gasteiger charge is 2.20. The van der Waals surface area contributed by atoms with Gasteiger partial charge < -0.3 is 13.7 Å². The van der Waals surface area contributed by atoms with Crippen molar-refractivity contribution in [3.8, 4) is 33.7 Å². The van der Waals surface area contributed by atoms with E-state index in [1.54, 1.807) is 0 Å². The lowest BCUT2D eigenvalue weighted by Crippen LogP contribution is -2.09. The van der Waals surface area contributed by atoms with Crippen LogP contribution in [-0.4, -0.2) is 4.98 Å². The van der Waals surface area contributed by atoms with Gasteiger partial charge in [0.25, 0.3) is 0 Å². The number of furan rings is 1. The molecule has 2 aromatic heterocycles. The molecule has 0 atom stereocenters. The molecule has 2 heterocycles. The highest BCUT2D eigenvalue weighted by molar-refractivity contribution is 6.13. The maximum atomic E-state index is 6.61. The highest BCUT2D eigenvalue weighted by Crippen LogP contribution is 2.42. The summed E-state index contributed by atoms with van der Waals surface area (Å²) >= 11 is 0. The Kier molecular flexibility index (Phi) is 7.14. The molecule has 11 rings (SSSR count). The van der Waals surface area contributed by atoms with Gasteiger partial charge in [0.1, 0.15) is 16.7 Å². The Labute approximate surface area is 317 Å². The van der Waals surface area contributed by atoms with E-state index in [9.17, 15) is 0 Å². The summed E-state index contributed by atoms with van der Waals surface area (Å²) in [5, 5.41) is 6.64. The molecular weight excluding hydrogens is 673 g/mol. The molecule has 55 heavy (non-hydrogen) atoms. The van der Waals surface area contributed by atoms with Crippen LogP contribution in [0.4, 0.5) is 17.1 Å². The summed E-state index contributed by atoms with van der Waals surface area (Å²) in [7, 11) is 0. The molecule has 0 bridgehead atoms. The third kappa shape index (κ3) is 5.34. The summed E-state index contributed by atoms with van der Waals surface area (Å²) in [5.74, 6) is 0.579. The Morgan fingerprint density at radius 1 is 0.382 bits per heavy atom. The largest absolute Gasteiger partial charge is 0.456 e. The van der Waals surface area contributed by atoms with Crippen LogP contribution in [0.5, 0.6) is 0 Å². The van der Waals surface area contributed by atoms with Gasteiger partial charge in [0.15, 0.2) is 5.58 Å². The number of benzene rings is 9. The van der Waals surface area contributed by atoms with E-state index in [1.807, 2.05) is 36.4 Å². The number of hydrogen-bond donors (Lipinski definition) is 0. The van der Waals surface area contributed by atoms with E-state index in [-0.39, 0.29) is 0 Å². The van der Waals surface area contributed by atoms with E-state index in [2.05, 4.69) is 163 Å². The van der Waals surface area contributed by atoms with E-state index in [0.29, 0.717) is 5.89 Å². The Bertz CT molecular complexity index is 3200. The molecule has 258 valence electrons. The first kappa shape index (κ1) is 31.1. The molecule has 0 aliphatic carbocycles. The average molecular weight is 705 g/mol. The SMILES string of the molecule is c1ccc(-c2ccc(N(c3ccc(-c4ccc5ccccc5c4)cc3)c3ccc4c(c3)oc3cccc(-c5nc6ccc7ccccc7c6o5)c34)cc2)cc1. The van der Waals surface area contributed by atoms with Crippen LogP contribution in [0.25, 0.3) is 88.3 Å². The van der Waals surface area contributed by atoms with Gasteiger partial charge in [-0.3, -0.25) is 0 Å². The number of rotatable bonds is 6.